The molecule has 108 valence electrons. The molecule has 2 aromatic carbocycles. The third-order valence-electron chi connectivity index (χ3n) is 3.07. The van der Waals surface area contributed by atoms with Gasteiger partial charge >= 0.3 is 0 Å². The van der Waals surface area contributed by atoms with Crippen molar-refractivity contribution in [2.24, 2.45) is 0 Å². The zero-order valence-corrected chi connectivity index (χ0v) is 14.1. The minimum atomic E-state index is -3.33. The van der Waals surface area contributed by atoms with Crippen molar-refractivity contribution in [3.05, 3.63) is 45.9 Å². The van der Waals surface area contributed by atoms with Gasteiger partial charge < -0.3 is 4.98 Å². The lowest BCUT2D eigenvalue weighted by Crippen LogP contribution is -1.97. The van der Waals surface area contributed by atoms with Gasteiger partial charge in [-0.15, -0.1) is 0 Å². The normalized spacial score (nSPS) is 12.0. The SMILES string of the molecule is CS(=O)(=O)c1cccc2[nH]c(-c3ccc(Br)c(Cl)c3)nc12. The number of hydrogen-bond donors (Lipinski definition) is 1. The summed E-state index contributed by atoms with van der Waals surface area (Å²) in [5.41, 5.74) is 1.90. The highest BCUT2D eigenvalue weighted by molar-refractivity contribution is 9.10. The van der Waals surface area contributed by atoms with Crippen molar-refractivity contribution in [2.75, 3.05) is 6.26 Å². The summed E-state index contributed by atoms with van der Waals surface area (Å²) in [5, 5.41) is 0.566. The van der Waals surface area contributed by atoms with Gasteiger partial charge in [-0.2, -0.15) is 0 Å². The molecular weight excluding hydrogens is 376 g/mol. The largest absolute Gasteiger partial charge is 0.338 e. The second-order valence-electron chi connectivity index (χ2n) is 4.64. The number of rotatable bonds is 2. The minimum Gasteiger partial charge on any atom is -0.338 e. The third kappa shape index (κ3) is 2.71. The maximum absolute atomic E-state index is 11.8. The highest BCUT2D eigenvalue weighted by Gasteiger charge is 2.16. The molecule has 1 N–H and O–H groups in total. The lowest BCUT2D eigenvalue weighted by atomic mass is 10.2. The molecule has 0 amide bonds. The van der Waals surface area contributed by atoms with Crippen LogP contribution in [0.4, 0.5) is 0 Å². The van der Waals surface area contributed by atoms with E-state index in [-0.39, 0.29) is 4.90 Å². The fourth-order valence-corrected chi connectivity index (χ4v) is 3.34. The van der Waals surface area contributed by atoms with Crippen LogP contribution in [-0.4, -0.2) is 24.6 Å². The van der Waals surface area contributed by atoms with Crippen LogP contribution < -0.4 is 0 Å². The Bertz CT molecular complexity index is 951. The number of hydrogen-bond acceptors (Lipinski definition) is 3. The molecule has 1 aromatic heterocycles. The number of aromatic nitrogens is 2. The topological polar surface area (TPSA) is 62.8 Å². The van der Waals surface area contributed by atoms with Crippen LogP contribution in [0.1, 0.15) is 0 Å². The van der Waals surface area contributed by atoms with Crippen molar-refractivity contribution in [3.63, 3.8) is 0 Å². The van der Waals surface area contributed by atoms with Gasteiger partial charge in [0.05, 0.1) is 15.4 Å². The maximum Gasteiger partial charge on any atom is 0.177 e. The molecule has 0 saturated heterocycles. The fourth-order valence-electron chi connectivity index (χ4n) is 2.09. The molecule has 0 saturated carbocycles. The van der Waals surface area contributed by atoms with Gasteiger partial charge in [0.25, 0.3) is 0 Å². The predicted octanol–water partition coefficient (Wildman–Crippen LogP) is 4.05. The number of H-pyrrole nitrogens is 1. The van der Waals surface area contributed by atoms with Crippen molar-refractivity contribution < 1.29 is 8.42 Å². The predicted molar refractivity (Wildman–Crippen MR) is 87.3 cm³/mol. The van der Waals surface area contributed by atoms with E-state index in [4.69, 9.17) is 11.6 Å². The first kappa shape index (κ1) is 14.6. The maximum atomic E-state index is 11.8. The molecule has 7 heteroatoms. The van der Waals surface area contributed by atoms with Gasteiger partial charge in [0.15, 0.2) is 9.84 Å². The van der Waals surface area contributed by atoms with Crippen LogP contribution in [0.15, 0.2) is 45.8 Å². The van der Waals surface area contributed by atoms with E-state index in [1.807, 2.05) is 12.1 Å². The van der Waals surface area contributed by atoms with E-state index in [0.29, 0.717) is 21.9 Å². The summed E-state index contributed by atoms with van der Waals surface area (Å²) in [7, 11) is -3.33. The first-order valence-electron chi connectivity index (χ1n) is 6.00. The Morgan fingerprint density at radius 1 is 1.24 bits per heavy atom. The standard InChI is InChI=1S/C14H10BrClN2O2S/c1-21(19,20)12-4-2-3-11-13(12)18-14(17-11)8-5-6-9(15)10(16)7-8/h2-7H,1H3,(H,17,18). The first-order chi connectivity index (χ1) is 9.86. The zero-order chi connectivity index (χ0) is 15.2. The Morgan fingerprint density at radius 3 is 2.67 bits per heavy atom. The molecule has 0 spiro atoms. The van der Waals surface area contributed by atoms with Gasteiger partial charge in [-0.1, -0.05) is 23.7 Å². The van der Waals surface area contributed by atoms with Gasteiger partial charge in [-0.05, 0) is 40.2 Å². The number of benzene rings is 2. The zero-order valence-electron chi connectivity index (χ0n) is 10.9. The number of aromatic amines is 1. The molecule has 0 radical (unpaired) electrons. The van der Waals surface area contributed by atoms with Crippen molar-refractivity contribution in [1.29, 1.82) is 0 Å². The minimum absolute atomic E-state index is 0.214. The van der Waals surface area contributed by atoms with Crippen LogP contribution in [0.5, 0.6) is 0 Å². The number of sulfone groups is 1. The molecule has 3 aromatic rings. The van der Waals surface area contributed by atoms with Crippen molar-refractivity contribution in [1.82, 2.24) is 9.97 Å². The van der Waals surface area contributed by atoms with E-state index in [1.54, 1.807) is 24.3 Å². The van der Waals surface area contributed by atoms with Crippen LogP contribution in [0, 0.1) is 0 Å². The lowest BCUT2D eigenvalue weighted by molar-refractivity contribution is 0.602. The van der Waals surface area contributed by atoms with E-state index in [2.05, 4.69) is 25.9 Å². The molecule has 0 aliphatic carbocycles. The Balaban J connectivity index is 2.24. The average Bonchev–Trinajstić information content (AvgIpc) is 2.84. The monoisotopic (exact) mass is 384 g/mol. The van der Waals surface area contributed by atoms with Crippen LogP contribution in [0.2, 0.25) is 5.02 Å². The third-order valence-corrected chi connectivity index (χ3v) is 5.43. The molecule has 4 nitrogen and oxygen atoms in total. The molecule has 0 fully saturated rings. The van der Waals surface area contributed by atoms with E-state index in [0.717, 1.165) is 10.0 Å². The number of para-hydroxylation sites is 1. The summed E-state index contributed by atoms with van der Waals surface area (Å²) >= 11 is 9.41. The van der Waals surface area contributed by atoms with Crippen LogP contribution in [0.25, 0.3) is 22.4 Å². The van der Waals surface area contributed by atoms with E-state index < -0.39 is 9.84 Å². The highest BCUT2D eigenvalue weighted by atomic mass is 79.9. The fraction of sp³-hybridized carbons (Fsp3) is 0.0714. The van der Waals surface area contributed by atoms with Gasteiger partial charge in [0.2, 0.25) is 0 Å². The molecule has 0 aliphatic heterocycles. The summed E-state index contributed by atoms with van der Waals surface area (Å²) in [6, 6.07) is 10.5. The Hall–Kier alpha value is -1.37. The summed E-state index contributed by atoms with van der Waals surface area (Å²) in [6.07, 6.45) is 1.17. The molecule has 21 heavy (non-hydrogen) atoms. The van der Waals surface area contributed by atoms with E-state index >= 15 is 0 Å². The number of fused-ring (bicyclic) bond motifs is 1. The Labute approximate surface area is 135 Å². The first-order valence-corrected chi connectivity index (χ1v) is 9.07. The van der Waals surface area contributed by atoms with Crippen LogP contribution in [0.3, 0.4) is 0 Å². The van der Waals surface area contributed by atoms with Crippen LogP contribution in [-0.2, 0) is 9.84 Å². The molecule has 0 atom stereocenters. The van der Waals surface area contributed by atoms with E-state index in [9.17, 15) is 8.42 Å². The van der Waals surface area contributed by atoms with E-state index in [1.165, 1.54) is 6.26 Å². The van der Waals surface area contributed by atoms with Crippen molar-refractivity contribution in [3.8, 4) is 11.4 Å². The lowest BCUT2D eigenvalue weighted by Gasteiger charge is -1.99. The number of nitrogens with zero attached hydrogens (tertiary/aromatic N) is 1. The number of imidazole rings is 1. The Morgan fingerprint density at radius 2 is 2.00 bits per heavy atom. The van der Waals surface area contributed by atoms with Gasteiger partial charge in [-0.3, -0.25) is 0 Å². The molecule has 1 heterocycles. The van der Waals surface area contributed by atoms with Gasteiger partial charge in [0.1, 0.15) is 11.3 Å². The second-order valence-corrected chi connectivity index (χ2v) is 7.88. The summed E-state index contributed by atoms with van der Waals surface area (Å²) in [4.78, 5) is 7.75. The quantitative estimate of drug-likeness (QED) is 0.724. The van der Waals surface area contributed by atoms with Gasteiger partial charge in [0, 0.05) is 16.3 Å². The highest BCUT2D eigenvalue weighted by Crippen LogP contribution is 2.30. The summed E-state index contributed by atoms with van der Waals surface area (Å²) in [5.74, 6) is 0.579. The molecule has 0 bridgehead atoms. The number of nitrogens with one attached hydrogen (secondary N) is 1. The van der Waals surface area contributed by atoms with Crippen LogP contribution >= 0.6 is 27.5 Å². The summed E-state index contributed by atoms with van der Waals surface area (Å²) < 4.78 is 24.4. The Kier molecular flexibility index (Phi) is 3.55. The number of halogens is 2. The molecule has 0 aliphatic rings. The summed E-state index contributed by atoms with van der Waals surface area (Å²) in [6.45, 7) is 0. The van der Waals surface area contributed by atoms with Gasteiger partial charge in [-0.25, -0.2) is 13.4 Å². The molecule has 3 rings (SSSR count). The molecule has 0 unspecified atom stereocenters. The average molecular weight is 386 g/mol. The van der Waals surface area contributed by atoms with Crippen molar-refractivity contribution >= 4 is 48.4 Å². The smallest absolute Gasteiger partial charge is 0.177 e. The molecular formula is C14H10BrClN2O2S. The second kappa shape index (κ2) is 5.12. The van der Waals surface area contributed by atoms with Crippen molar-refractivity contribution in [2.45, 2.75) is 4.90 Å².